The van der Waals surface area contributed by atoms with Gasteiger partial charge in [0, 0.05) is 43.9 Å². The predicted molar refractivity (Wildman–Crippen MR) is 89.4 cm³/mol. The first-order chi connectivity index (χ1) is 10.3. The van der Waals surface area contributed by atoms with Crippen molar-refractivity contribution in [3.05, 3.63) is 53.7 Å². The molecule has 0 saturated carbocycles. The average molecular weight is 302 g/mol. The van der Waals surface area contributed by atoms with Crippen LogP contribution in [0.3, 0.4) is 0 Å². The van der Waals surface area contributed by atoms with Crippen LogP contribution in [0.1, 0.15) is 11.1 Å². The summed E-state index contributed by atoms with van der Waals surface area (Å²) in [4.78, 5) is 9.29. The van der Waals surface area contributed by atoms with Crippen molar-refractivity contribution in [2.45, 2.75) is 12.8 Å². The van der Waals surface area contributed by atoms with Crippen molar-refractivity contribution in [1.29, 1.82) is 0 Å². The average Bonchev–Trinajstić information content (AvgIpc) is 2.55. The van der Waals surface area contributed by atoms with Crippen molar-refractivity contribution < 1.29 is 0 Å². The first-order valence-electron chi connectivity index (χ1n) is 7.34. The molecular weight excluding hydrogens is 282 g/mol. The standard InChI is InChI=1S/C17H20ClN3/c1-14-3-2-4-16(11-14)20-7-9-21(10-8-20)17-6-5-15(12-18)13-19-17/h2-6,11,13H,7-10,12H2,1H3. The number of benzene rings is 1. The Morgan fingerprint density at radius 1 is 1.05 bits per heavy atom. The quantitative estimate of drug-likeness (QED) is 0.810. The third-order valence-electron chi connectivity index (χ3n) is 3.93. The number of hydrogen-bond donors (Lipinski definition) is 0. The number of anilines is 2. The molecule has 2 heterocycles. The molecule has 0 radical (unpaired) electrons. The number of nitrogens with zero attached hydrogens (tertiary/aromatic N) is 3. The molecule has 110 valence electrons. The van der Waals surface area contributed by atoms with E-state index in [1.54, 1.807) is 0 Å². The van der Waals surface area contributed by atoms with Gasteiger partial charge in [-0.05, 0) is 36.2 Å². The van der Waals surface area contributed by atoms with Crippen LogP contribution in [0, 0.1) is 6.92 Å². The summed E-state index contributed by atoms with van der Waals surface area (Å²) in [5.74, 6) is 1.57. The van der Waals surface area contributed by atoms with E-state index in [1.807, 2.05) is 6.20 Å². The molecule has 21 heavy (non-hydrogen) atoms. The zero-order chi connectivity index (χ0) is 14.7. The summed E-state index contributed by atoms with van der Waals surface area (Å²) in [6.45, 7) is 6.20. The molecule has 1 aromatic heterocycles. The second-order valence-corrected chi connectivity index (χ2v) is 5.74. The molecule has 1 aliphatic heterocycles. The SMILES string of the molecule is Cc1cccc(N2CCN(c3ccc(CCl)cn3)CC2)c1. The van der Waals surface area contributed by atoms with Crippen LogP contribution in [-0.4, -0.2) is 31.2 Å². The van der Waals surface area contributed by atoms with E-state index >= 15 is 0 Å². The van der Waals surface area contributed by atoms with Gasteiger partial charge in [-0.25, -0.2) is 4.98 Å². The highest BCUT2D eigenvalue weighted by molar-refractivity contribution is 6.17. The maximum atomic E-state index is 5.80. The molecule has 0 amide bonds. The van der Waals surface area contributed by atoms with Gasteiger partial charge in [-0.3, -0.25) is 0 Å². The molecule has 4 heteroatoms. The Hall–Kier alpha value is -1.74. The third-order valence-corrected chi connectivity index (χ3v) is 4.24. The van der Waals surface area contributed by atoms with E-state index in [-0.39, 0.29) is 0 Å². The first kappa shape index (κ1) is 14.2. The number of halogens is 1. The summed E-state index contributed by atoms with van der Waals surface area (Å²) in [5.41, 5.74) is 3.70. The normalized spacial score (nSPS) is 15.3. The Balaban J connectivity index is 1.64. The number of hydrogen-bond acceptors (Lipinski definition) is 3. The number of piperazine rings is 1. The van der Waals surface area contributed by atoms with Crippen LogP contribution in [0.15, 0.2) is 42.6 Å². The Labute approximate surface area is 131 Å². The molecule has 3 rings (SSSR count). The highest BCUT2D eigenvalue weighted by atomic mass is 35.5. The van der Waals surface area contributed by atoms with Crippen LogP contribution in [0.25, 0.3) is 0 Å². The lowest BCUT2D eigenvalue weighted by molar-refractivity contribution is 0.647. The lowest BCUT2D eigenvalue weighted by atomic mass is 10.2. The molecule has 0 unspecified atom stereocenters. The van der Waals surface area contributed by atoms with Crippen LogP contribution in [-0.2, 0) is 5.88 Å². The molecule has 3 nitrogen and oxygen atoms in total. The zero-order valence-electron chi connectivity index (χ0n) is 12.3. The fourth-order valence-electron chi connectivity index (χ4n) is 2.70. The van der Waals surface area contributed by atoms with Gasteiger partial charge in [-0.15, -0.1) is 11.6 Å². The van der Waals surface area contributed by atoms with Crippen LogP contribution < -0.4 is 9.80 Å². The second-order valence-electron chi connectivity index (χ2n) is 5.47. The van der Waals surface area contributed by atoms with Crippen LogP contribution in [0.2, 0.25) is 0 Å². The monoisotopic (exact) mass is 301 g/mol. The van der Waals surface area contributed by atoms with Gasteiger partial charge in [0.25, 0.3) is 0 Å². The molecule has 0 atom stereocenters. The van der Waals surface area contributed by atoms with E-state index < -0.39 is 0 Å². The van der Waals surface area contributed by atoms with E-state index in [0.717, 1.165) is 37.6 Å². The highest BCUT2D eigenvalue weighted by Gasteiger charge is 2.18. The van der Waals surface area contributed by atoms with Crippen molar-refractivity contribution in [3.8, 4) is 0 Å². The van der Waals surface area contributed by atoms with Crippen LogP contribution in [0.5, 0.6) is 0 Å². The first-order valence-corrected chi connectivity index (χ1v) is 7.87. The number of alkyl halides is 1. The maximum Gasteiger partial charge on any atom is 0.128 e. The molecule has 1 saturated heterocycles. The summed E-state index contributed by atoms with van der Waals surface area (Å²) in [6, 6.07) is 12.8. The lowest BCUT2D eigenvalue weighted by Gasteiger charge is -2.36. The van der Waals surface area contributed by atoms with E-state index in [2.05, 4.69) is 58.1 Å². The van der Waals surface area contributed by atoms with Crippen molar-refractivity contribution in [2.75, 3.05) is 36.0 Å². The smallest absolute Gasteiger partial charge is 0.128 e. The summed E-state index contributed by atoms with van der Waals surface area (Å²) >= 11 is 5.80. The third kappa shape index (κ3) is 3.30. The molecule has 0 aliphatic carbocycles. The predicted octanol–water partition coefficient (Wildman–Crippen LogP) is 3.46. The Kier molecular flexibility index (Phi) is 4.30. The second kappa shape index (κ2) is 6.35. The van der Waals surface area contributed by atoms with E-state index in [1.165, 1.54) is 11.3 Å². The Morgan fingerprint density at radius 3 is 2.43 bits per heavy atom. The topological polar surface area (TPSA) is 19.4 Å². The van der Waals surface area contributed by atoms with Gasteiger partial charge in [0.05, 0.1) is 0 Å². The summed E-state index contributed by atoms with van der Waals surface area (Å²) < 4.78 is 0. The van der Waals surface area contributed by atoms with E-state index in [0.29, 0.717) is 5.88 Å². The molecule has 1 aliphatic rings. The van der Waals surface area contributed by atoms with Gasteiger partial charge >= 0.3 is 0 Å². The summed E-state index contributed by atoms with van der Waals surface area (Å²) in [5, 5.41) is 0. The molecule has 0 spiro atoms. The largest absolute Gasteiger partial charge is 0.368 e. The van der Waals surface area contributed by atoms with E-state index in [9.17, 15) is 0 Å². The molecule has 2 aromatic rings. The number of aromatic nitrogens is 1. The van der Waals surface area contributed by atoms with Crippen molar-refractivity contribution in [2.24, 2.45) is 0 Å². The number of aryl methyl sites for hydroxylation is 1. The Bertz CT molecular complexity index is 589. The molecule has 0 N–H and O–H groups in total. The van der Waals surface area contributed by atoms with Gasteiger partial charge in [-0.2, -0.15) is 0 Å². The van der Waals surface area contributed by atoms with Crippen molar-refractivity contribution >= 4 is 23.1 Å². The van der Waals surface area contributed by atoms with Gasteiger partial charge < -0.3 is 9.80 Å². The van der Waals surface area contributed by atoms with Crippen molar-refractivity contribution in [1.82, 2.24) is 4.98 Å². The van der Waals surface area contributed by atoms with Crippen LogP contribution >= 0.6 is 11.6 Å². The van der Waals surface area contributed by atoms with Crippen molar-refractivity contribution in [3.63, 3.8) is 0 Å². The number of pyridine rings is 1. The highest BCUT2D eigenvalue weighted by Crippen LogP contribution is 2.20. The number of rotatable bonds is 3. The van der Waals surface area contributed by atoms with E-state index in [4.69, 9.17) is 11.6 Å². The fraction of sp³-hybridized carbons (Fsp3) is 0.353. The minimum Gasteiger partial charge on any atom is -0.368 e. The maximum absolute atomic E-state index is 5.80. The summed E-state index contributed by atoms with van der Waals surface area (Å²) in [7, 11) is 0. The summed E-state index contributed by atoms with van der Waals surface area (Å²) in [6.07, 6.45) is 1.87. The van der Waals surface area contributed by atoms with Gasteiger partial charge in [0.2, 0.25) is 0 Å². The molecular formula is C17H20ClN3. The minimum absolute atomic E-state index is 0.522. The van der Waals surface area contributed by atoms with Crippen LogP contribution in [0.4, 0.5) is 11.5 Å². The Morgan fingerprint density at radius 2 is 1.81 bits per heavy atom. The lowest BCUT2D eigenvalue weighted by Crippen LogP contribution is -2.46. The van der Waals surface area contributed by atoms with Gasteiger partial charge in [0.15, 0.2) is 0 Å². The zero-order valence-corrected chi connectivity index (χ0v) is 13.1. The molecule has 1 fully saturated rings. The van der Waals surface area contributed by atoms with Gasteiger partial charge in [0.1, 0.15) is 5.82 Å². The fourth-order valence-corrected chi connectivity index (χ4v) is 2.86. The molecule has 1 aromatic carbocycles. The van der Waals surface area contributed by atoms with Gasteiger partial charge in [-0.1, -0.05) is 18.2 Å². The minimum atomic E-state index is 0.522. The molecule has 0 bridgehead atoms.